The maximum atomic E-state index is 11.0. The Labute approximate surface area is 106 Å². The highest BCUT2D eigenvalue weighted by atomic mass is 79.9. The van der Waals surface area contributed by atoms with E-state index in [0.29, 0.717) is 15.1 Å². The first-order valence-corrected chi connectivity index (χ1v) is 5.63. The molecule has 0 aliphatic rings. The van der Waals surface area contributed by atoms with Gasteiger partial charge in [-0.3, -0.25) is 4.79 Å². The number of esters is 1. The molecule has 0 saturated heterocycles. The number of phenolic OH excluding ortho intramolecular Hbond substituents is 1. The predicted octanol–water partition coefficient (Wildman–Crippen LogP) is 2.37. The maximum absolute atomic E-state index is 11.0. The normalized spacial score (nSPS) is 12.2. The van der Waals surface area contributed by atoms with Crippen LogP contribution in [0.2, 0.25) is 5.02 Å². The summed E-state index contributed by atoms with van der Waals surface area (Å²) in [5.74, 6) is -0.484. The smallest absolute Gasteiger partial charge is 0.307 e. The molecule has 1 aromatic carbocycles. The van der Waals surface area contributed by atoms with Crippen molar-refractivity contribution in [3.8, 4) is 5.75 Å². The maximum Gasteiger partial charge on any atom is 0.307 e. The van der Waals surface area contributed by atoms with E-state index in [4.69, 9.17) is 17.3 Å². The van der Waals surface area contributed by atoms with E-state index in [1.54, 1.807) is 12.1 Å². The first kappa shape index (κ1) is 13.3. The number of phenols is 1. The Kier molecular flexibility index (Phi) is 4.58. The number of nitrogens with two attached hydrogens (primary N) is 1. The van der Waals surface area contributed by atoms with Crippen LogP contribution in [0.15, 0.2) is 16.6 Å². The highest BCUT2D eigenvalue weighted by molar-refractivity contribution is 9.10. The van der Waals surface area contributed by atoms with Gasteiger partial charge in [-0.2, -0.15) is 0 Å². The van der Waals surface area contributed by atoms with Crippen LogP contribution in [0.5, 0.6) is 5.75 Å². The summed E-state index contributed by atoms with van der Waals surface area (Å²) in [5, 5.41) is 10.2. The van der Waals surface area contributed by atoms with Gasteiger partial charge in [0.2, 0.25) is 0 Å². The number of halogens is 2. The van der Waals surface area contributed by atoms with E-state index in [9.17, 15) is 9.90 Å². The van der Waals surface area contributed by atoms with Crippen LogP contribution in [-0.4, -0.2) is 18.2 Å². The summed E-state index contributed by atoms with van der Waals surface area (Å²) in [6, 6.07) is 2.55. The number of aromatic hydroxyl groups is 1. The summed E-state index contributed by atoms with van der Waals surface area (Å²) >= 11 is 8.91. The van der Waals surface area contributed by atoms with Gasteiger partial charge in [0.15, 0.2) is 0 Å². The van der Waals surface area contributed by atoms with Crippen LogP contribution in [0.25, 0.3) is 0 Å². The second-order valence-electron chi connectivity index (χ2n) is 3.19. The molecule has 0 saturated carbocycles. The van der Waals surface area contributed by atoms with Crippen LogP contribution in [0.4, 0.5) is 0 Å². The number of carbonyl (C=O) groups is 1. The molecule has 0 fully saturated rings. The Morgan fingerprint density at radius 2 is 2.31 bits per heavy atom. The summed E-state index contributed by atoms with van der Waals surface area (Å²) in [5.41, 5.74) is 6.21. The summed E-state index contributed by atoms with van der Waals surface area (Å²) in [4.78, 5) is 11.0. The number of ether oxygens (including phenoxy) is 1. The van der Waals surface area contributed by atoms with E-state index >= 15 is 0 Å². The van der Waals surface area contributed by atoms with E-state index in [1.165, 1.54) is 7.11 Å². The van der Waals surface area contributed by atoms with E-state index in [2.05, 4.69) is 20.7 Å². The van der Waals surface area contributed by atoms with E-state index in [1.807, 2.05) is 0 Å². The fraction of sp³-hybridized carbons (Fsp3) is 0.300. The van der Waals surface area contributed by atoms with Gasteiger partial charge in [0, 0.05) is 11.6 Å². The molecule has 4 nitrogen and oxygen atoms in total. The zero-order valence-electron chi connectivity index (χ0n) is 8.54. The fourth-order valence-electron chi connectivity index (χ4n) is 1.23. The first-order valence-electron chi connectivity index (χ1n) is 4.46. The summed E-state index contributed by atoms with van der Waals surface area (Å²) < 4.78 is 4.87. The van der Waals surface area contributed by atoms with Crippen molar-refractivity contribution in [2.24, 2.45) is 5.73 Å². The van der Waals surface area contributed by atoms with Gasteiger partial charge in [-0.25, -0.2) is 0 Å². The van der Waals surface area contributed by atoms with Crippen molar-refractivity contribution >= 4 is 33.5 Å². The number of benzene rings is 1. The molecular formula is C10H11BrClNO3. The van der Waals surface area contributed by atoms with Crippen LogP contribution in [0, 0.1) is 0 Å². The highest BCUT2D eigenvalue weighted by Crippen LogP contribution is 2.37. The number of methoxy groups -OCH3 is 1. The van der Waals surface area contributed by atoms with Gasteiger partial charge in [-0.05, 0) is 22.0 Å². The molecule has 88 valence electrons. The number of hydrogen-bond donors (Lipinski definition) is 2. The van der Waals surface area contributed by atoms with Crippen LogP contribution < -0.4 is 5.73 Å². The lowest BCUT2D eigenvalue weighted by molar-refractivity contribution is -0.141. The van der Waals surface area contributed by atoms with Gasteiger partial charge in [0.05, 0.1) is 23.0 Å². The van der Waals surface area contributed by atoms with Crippen molar-refractivity contribution in [1.82, 2.24) is 0 Å². The molecule has 0 bridgehead atoms. The van der Waals surface area contributed by atoms with Gasteiger partial charge >= 0.3 is 5.97 Å². The lowest BCUT2D eigenvalue weighted by atomic mass is 10.0. The molecule has 0 radical (unpaired) electrons. The molecule has 0 unspecified atom stereocenters. The molecule has 0 spiro atoms. The number of hydrogen-bond acceptors (Lipinski definition) is 4. The second kappa shape index (κ2) is 5.52. The Bertz CT molecular complexity index is 411. The Morgan fingerprint density at radius 3 is 2.88 bits per heavy atom. The van der Waals surface area contributed by atoms with E-state index < -0.39 is 12.0 Å². The molecule has 0 amide bonds. The minimum atomic E-state index is -0.624. The lowest BCUT2D eigenvalue weighted by Gasteiger charge is -2.13. The Balaban J connectivity index is 2.96. The number of carbonyl (C=O) groups excluding carboxylic acids is 1. The molecule has 0 aliphatic carbocycles. The SMILES string of the molecule is COC(=O)C[C@@H](N)c1ccc(Cl)c(Br)c1O. The van der Waals surface area contributed by atoms with Crippen molar-refractivity contribution in [2.45, 2.75) is 12.5 Å². The van der Waals surface area contributed by atoms with Crippen molar-refractivity contribution in [1.29, 1.82) is 0 Å². The second-order valence-corrected chi connectivity index (χ2v) is 4.39. The summed E-state index contributed by atoms with van der Waals surface area (Å²) in [6.07, 6.45) is -0.00185. The van der Waals surface area contributed by atoms with Gasteiger partial charge in [-0.1, -0.05) is 17.7 Å². The van der Waals surface area contributed by atoms with Gasteiger partial charge in [0.25, 0.3) is 0 Å². The zero-order chi connectivity index (χ0) is 12.3. The minimum Gasteiger partial charge on any atom is -0.506 e. The average Bonchev–Trinajstić information content (AvgIpc) is 2.25. The first-order chi connectivity index (χ1) is 7.47. The molecule has 6 heteroatoms. The van der Waals surface area contributed by atoms with E-state index in [0.717, 1.165) is 0 Å². The highest BCUT2D eigenvalue weighted by Gasteiger charge is 2.18. The van der Waals surface area contributed by atoms with Crippen LogP contribution in [0.1, 0.15) is 18.0 Å². The third kappa shape index (κ3) is 2.87. The molecule has 1 aromatic rings. The lowest BCUT2D eigenvalue weighted by Crippen LogP contribution is -2.16. The van der Waals surface area contributed by atoms with Crippen molar-refractivity contribution in [3.05, 3.63) is 27.2 Å². The summed E-state index contributed by atoms with van der Waals surface area (Å²) in [6.45, 7) is 0. The van der Waals surface area contributed by atoms with Crippen LogP contribution in [-0.2, 0) is 9.53 Å². The van der Waals surface area contributed by atoms with Crippen molar-refractivity contribution in [2.75, 3.05) is 7.11 Å². The molecule has 0 aliphatic heterocycles. The van der Waals surface area contributed by atoms with Gasteiger partial charge in [0.1, 0.15) is 5.75 Å². The molecule has 0 aromatic heterocycles. The Morgan fingerprint density at radius 1 is 1.69 bits per heavy atom. The summed E-state index contributed by atoms with van der Waals surface area (Å²) in [7, 11) is 1.28. The molecule has 3 N–H and O–H groups in total. The molecule has 0 heterocycles. The monoisotopic (exact) mass is 307 g/mol. The third-order valence-corrected chi connectivity index (χ3v) is 3.46. The fourth-order valence-corrected chi connectivity index (χ4v) is 1.74. The quantitative estimate of drug-likeness (QED) is 0.841. The topological polar surface area (TPSA) is 72.5 Å². The third-order valence-electron chi connectivity index (χ3n) is 2.11. The van der Waals surface area contributed by atoms with Crippen molar-refractivity contribution in [3.63, 3.8) is 0 Å². The predicted molar refractivity (Wildman–Crippen MR) is 64.4 cm³/mol. The molecular weight excluding hydrogens is 297 g/mol. The molecule has 1 atom stereocenters. The van der Waals surface area contributed by atoms with Crippen LogP contribution in [0.3, 0.4) is 0 Å². The zero-order valence-corrected chi connectivity index (χ0v) is 10.9. The average molecular weight is 309 g/mol. The minimum absolute atomic E-state index is 0.00185. The standard InChI is InChI=1S/C10H11BrClNO3/c1-16-8(14)4-7(13)5-2-3-6(12)9(11)10(5)15/h2-3,7,15H,4,13H2,1H3/t7-/m1/s1. The number of rotatable bonds is 3. The molecule has 1 rings (SSSR count). The molecule has 16 heavy (non-hydrogen) atoms. The van der Waals surface area contributed by atoms with Crippen LogP contribution >= 0.6 is 27.5 Å². The van der Waals surface area contributed by atoms with Crippen molar-refractivity contribution < 1.29 is 14.6 Å². The van der Waals surface area contributed by atoms with Gasteiger partial charge < -0.3 is 15.6 Å². The largest absolute Gasteiger partial charge is 0.506 e. The Hall–Kier alpha value is -0.780. The van der Waals surface area contributed by atoms with E-state index in [-0.39, 0.29) is 12.2 Å². The van der Waals surface area contributed by atoms with Gasteiger partial charge in [-0.15, -0.1) is 0 Å².